The van der Waals surface area contributed by atoms with Crippen molar-refractivity contribution in [1.29, 1.82) is 0 Å². The monoisotopic (exact) mass is 550 g/mol. The van der Waals surface area contributed by atoms with Crippen LogP contribution in [0.25, 0.3) is 10.6 Å². The summed E-state index contributed by atoms with van der Waals surface area (Å²) in [5, 5.41) is 22.2. The number of thiophene rings is 1. The van der Waals surface area contributed by atoms with Crippen LogP contribution >= 0.6 is 11.3 Å². The molecule has 1 aromatic carbocycles. The lowest BCUT2D eigenvalue weighted by Crippen LogP contribution is -2.36. The van der Waals surface area contributed by atoms with Crippen molar-refractivity contribution in [2.75, 3.05) is 16.3 Å². The van der Waals surface area contributed by atoms with Crippen LogP contribution in [0.15, 0.2) is 49.8 Å². The number of rotatable bonds is 6. The number of sulfonamides is 2. The number of nitrogens with zero attached hydrogens (tertiary/aromatic N) is 3. The van der Waals surface area contributed by atoms with Crippen LogP contribution in [0, 0.1) is 5.41 Å². The second-order valence-corrected chi connectivity index (χ2v) is 13.8. The summed E-state index contributed by atoms with van der Waals surface area (Å²) in [5.41, 5.74) is -1.22. The topological polar surface area (TPSA) is 163 Å². The van der Waals surface area contributed by atoms with Crippen molar-refractivity contribution in [3.63, 3.8) is 0 Å². The number of hydrogen-bond donors (Lipinski definition) is 2. The molecule has 1 aliphatic rings. The van der Waals surface area contributed by atoms with Gasteiger partial charge in [-0.3, -0.25) is 9.52 Å². The highest BCUT2D eigenvalue weighted by molar-refractivity contribution is 7.92. The summed E-state index contributed by atoms with van der Waals surface area (Å²) in [5.74, 6) is -1.15. The molecule has 3 heterocycles. The molecule has 4 rings (SSSR count). The summed E-state index contributed by atoms with van der Waals surface area (Å²) in [6, 6.07) is 7.23. The van der Waals surface area contributed by atoms with Gasteiger partial charge in [0, 0.05) is 12.2 Å². The molecule has 0 fully saturated rings. The maximum atomic E-state index is 13.4. The Morgan fingerprint density at radius 1 is 1.22 bits per heavy atom. The second kappa shape index (κ2) is 9.01. The number of anilines is 2. The molecule has 0 saturated carbocycles. The molecule has 192 valence electrons. The molecule has 2 aromatic heterocycles. The fraction of sp³-hybridized carbons (Fsp3) is 0.318. The molecule has 0 spiro atoms. The number of aryl methyl sites for hydroxylation is 1. The molecule has 1 aliphatic heterocycles. The number of amidine groups is 1. The van der Waals surface area contributed by atoms with Crippen LogP contribution in [0.5, 0.6) is 5.75 Å². The van der Waals surface area contributed by atoms with Crippen molar-refractivity contribution >= 4 is 48.6 Å². The van der Waals surface area contributed by atoms with E-state index in [2.05, 4.69) is 19.5 Å². The van der Waals surface area contributed by atoms with Gasteiger partial charge in [0.15, 0.2) is 5.84 Å². The lowest BCUT2D eigenvalue weighted by Gasteiger charge is -2.25. The van der Waals surface area contributed by atoms with Crippen molar-refractivity contribution < 1.29 is 21.9 Å². The van der Waals surface area contributed by atoms with Gasteiger partial charge in [-0.1, -0.05) is 32.6 Å². The molecule has 14 heteroatoms. The van der Waals surface area contributed by atoms with Gasteiger partial charge in [0.25, 0.3) is 15.6 Å². The van der Waals surface area contributed by atoms with Crippen LogP contribution in [0.3, 0.4) is 0 Å². The van der Waals surface area contributed by atoms with E-state index in [9.17, 15) is 26.7 Å². The Kier molecular flexibility index (Phi) is 6.47. The third kappa shape index (κ3) is 5.44. The second-order valence-electron chi connectivity index (χ2n) is 9.49. The Balaban J connectivity index is 1.87. The first-order chi connectivity index (χ1) is 16.6. The van der Waals surface area contributed by atoms with Crippen LogP contribution in [0.4, 0.5) is 11.4 Å². The molecule has 11 nitrogen and oxygen atoms in total. The number of fused-ring (bicyclic) bond motifs is 1. The van der Waals surface area contributed by atoms with Gasteiger partial charge in [0.1, 0.15) is 4.90 Å². The van der Waals surface area contributed by atoms with Crippen molar-refractivity contribution in [3.05, 3.63) is 51.6 Å². The first kappa shape index (κ1) is 25.9. The molecule has 0 unspecified atom stereocenters. The molecular weight excluding hydrogens is 526 g/mol. The highest BCUT2D eigenvalue weighted by atomic mass is 32.2. The van der Waals surface area contributed by atoms with Gasteiger partial charge >= 0.3 is 0 Å². The van der Waals surface area contributed by atoms with E-state index in [1.807, 2.05) is 20.8 Å². The minimum Gasteiger partial charge on any atom is -0.870 e. The van der Waals surface area contributed by atoms with E-state index >= 15 is 0 Å². The summed E-state index contributed by atoms with van der Waals surface area (Å²) in [7, 11) is -8.03. The fourth-order valence-corrected chi connectivity index (χ4v) is 5.89. The lowest BCUT2D eigenvalue weighted by atomic mass is 9.92. The quantitative estimate of drug-likeness (QED) is 0.473. The molecule has 0 atom stereocenters. The molecule has 2 N–H and O–H groups in total. The average Bonchev–Trinajstić information content (AvgIpc) is 3.26. The van der Waals surface area contributed by atoms with Gasteiger partial charge in [-0.05, 0) is 41.5 Å². The van der Waals surface area contributed by atoms with Crippen LogP contribution in [-0.4, -0.2) is 38.7 Å². The van der Waals surface area contributed by atoms with E-state index in [1.54, 1.807) is 17.5 Å². The molecular formula is C22H24N5O6S3-. The maximum absolute atomic E-state index is 13.4. The predicted molar refractivity (Wildman–Crippen MR) is 138 cm³/mol. The van der Waals surface area contributed by atoms with E-state index in [0.717, 1.165) is 12.3 Å². The van der Waals surface area contributed by atoms with Gasteiger partial charge in [-0.2, -0.15) is 13.5 Å². The Morgan fingerprint density at radius 3 is 2.56 bits per heavy atom. The summed E-state index contributed by atoms with van der Waals surface area (Å²) in [6.45, 7) is 6.23. The minimum absolute atomic E-state index is 0.0221. The molecule has 0 bridgehead atoms. The van der Waals surface area contributed by atoms with Gasteiger partial charge in [0.2, 0.25) is 10.0 Å². The van der Waals surface area contributed by atoms with Crippen LogP contribution in [0.2, 0.25) is 0 Å². The maximum Gasteiger partial charge on any atom is 0.286 e. The first-order valence-corrected chi connectivity index (χ1v) is 15.0. The smallest absolute Gasteiger partial charge is 0.286 e. The zero-order valence-corrected chi connectivity index (χ0v) is 22.3. The van der Waals surface area contributed by atoms with Crippen LogP contribution < -0.4 is 20.7 Å². The molecule has 0 aliphatic carbocycles. The summed E-state index contributed by atoms with van der Waals surface area (Å²) < 4.78 is 56.2. The number of aromatic nitrogens is 2. The highest BCUT2D eigenvalue weighted by Gasteiger charge is 2.29. The number of nitrogens with one attached hydrogen (secondary N) is 2. The zero-order chi connectivity index (χ0) is 26.5. The van der Waals surface area contributed by atoms with Crippen LogP contribution in [0.1, 0.15) is 32.8 Å². The third-order valence-electron chi connectivity index (χ3n) is 5.20. The Morgan fingerprint density at radius 2 is 1.94 bits per heavy atom. The Hall–Kier alpha value is -3.23. The Labute approximate surface area is 212 Å². The Bertz CT molecular complexity index is 1630. The van der Waals surface area contributed by atoms with Gasteiger partial charge in [-0.15, -0.1) is 15.7 Å². The standard InChI is InChI=1S/C22H25N5O6S3/c1-22(2,3)9-10-27-21(29)17(19(28)18(24-27)15-6-5-11-34-15)20-23-14-8-7-13(25-35(4,30)31)12-16(14)36(32,33)26-20/h5-8,11-12,25,28H,9-10H2,1-4H3,(H,23,26)/p-1. The van der Waals surface area contributed by atoms with E-state index < -0.39 is 42.8 Å². The summed E-state index contributed by atoms with van der Waals surface area (Å²) in [6.07, 6.45) is 1.52. The number of benzene rings is 1. The molecule has 3 aromatic rings. The van der Waals surface area contributed by atoms with E-state index in [-0.39, 0.29) is 33.9 Å². The van der Waals surface area contributed by atoms with Gasteiger partial charge in [-0.25, -0.2) is 13.1 Å². The summed E-state index contributed by atoms with van der Waals surface area (Å²) in [4.78, 5) is 13.6. The van der Waals surface area contributed by atoms with E-state index in [1.165, 1.54) is 28.2 Å². The molecule has 36 heavy (non-hydrogen) atoms. The fourth-order valence-electron chi connectivity index (χ4n) is 3.48. The van der Waals surface area contributed by atoms with E-state index in [4.69, 9.17) is 0 Å². The van der Waals surface area contributed by atoms with Gasteiger partial charge in [0.05, 0.1) is 28.1 Å². The molecule has 0 radical (unpaired) electrons. The first-order valence-electron chi connectivity index (χ1n) is 10.7. The average molecular weight is 551 g/mol. The molecule has 0 amide bonds. The highest BCUT2D eigenvalue weighted by Crippen LogP contribution is 2.34. The van der Waals surface area contributed by atoms with E-state index in [0.29, 0.717) is 11.3 Å². The zero-order valence-electron chi connectivity index (χ0n) is 19.9. The van der Waals surface area contributed by atoms with Crippen molar-refractivity contribution in [2.24, 2.45) is 9.81 Å². The largest absolute Gasteiger partial charge is 0.870 e. The lowest BCUT2D eigenvalue weighted by molar-refractivity contribution is -0.268. The summed E-state index contributed by atoms with van der Waals surface area (Å²) >= 11 is 1.27. The van der Waals surface area contributed by atoms with Crippen molar-refractivity contribution in [3.8, 4) is 16.3 Å². The SMILES string of the molecule is CC(C)(C)CCn1nc(-c2cccs2)c([O-])c(C2=NS(=O)(=O)c3cc(NS(C)(=O)=O)ccc3N2)c1=O. The van der Waals surface area contributed by atoms with Crippen molar-refractivity contribution in [1.82, 2.24) is 9.78 Å². The minimum atomic E-state index is -4.38. The predicted octanol–water partition coefficient (Wildman–Crippen LogP) is 2.41. The molecule has 0 saturated heterocycles. The van der Waals surface area contributed by atoms with Crippen molar-refractivity contribution in [2.45, 2.75) is 38.6 Å². The number of hydrogen-bond acceptors (Lipinski definition) is 9. The van der Waals surface area contributed by atoms with Gasteiger partial charge < -0.3 is 10.4 Å². The van der Waals surface area contributed by atoms with Crippen LogP contribution in [-0.2, 0) is 26.6 Å². The normalized spacial score (nSPS) is 15.1. The third-order valence-corrected chi connectivity index (χ3v) is 8.00.